The van der Waals surface area contributed by atoms with Crippen molar-refractivity contribution in [3.63, 3.8) is 0 Å². The van der Waals surface area contributed by atoms with Gasteiger partial charge in [0.15, 0.2) is 0 Å². The first-order valence-electron chi connectivity index (χ1n) is 6.77. The zero-order chi connectivity index (χ0) is 16.7. The molecule has 4 nitrogen and oxygen atoms in total. The highest BCUT2D eigenvalue weighted by atomic mass is 127. The molecule has 0 saturated heterocycles. The molecule has 0 aliphatic rings. The minimum Gasteiger partial charge on any atom is -0.491 e. The number of rotatable bonds is 7. The fraction of sp³-hybridized carbons (Fsp3) is 0.235. The molecule has 0 fully saturated rings. The Balaban J connectivity index is 3.14. The maximum Gasteiger partial charge on any atom is 0.248 e. The van der Waals surface area contributed by atoms with E-state index in [1.54, 1.807) is 30.4 Å². The summed E-state index contributed by atoms with van der Waals surface area (Å²) in [6, 6.07) is 4.89. The van der Waals surface area contributed by atoms with E-state index in [4.69, 9.17) is 15.2 Å². The lowest BCUT2D eigenvalue weighted by atomic mass is 10.2. The third-order valence-electron chi connectivity index (χ3n) is 2.45. The van der Waals surface area contributed by atoms with Gasteiger partial charge < -0.3 is 15.2 Å². The van der Waals surface area contributed by atoms with Crippen LogP contribution in [0.1, 0.15) is 31.1 Å². The lowest BCUT2D eigenvalue weighted by Gasteiger charge is -2.13. The summed E-state index contributed by atoms with van der Waals surface area (Å²) in [5.74, 6) is 1.03. The van der Waals surface area contributed by atoms with Gasteiger partial charge in [-0.25, -0.2) is 0 Å². The highest BCUT2D eigenvalue weighted by molar-refractivity contribution is 14.1. The Morgan fingerprint density at radius 3 is 2.41 bits per heavy atom. The van der Waals surface area contributed by atoms with Crippen molar-refractivity contribution < 1.29 is 14.3 Å². The first-order chi connectivity index (χ1) is 10.3. The van der Waals surface area contributed by atoms with Crippen LogP contribution in [0.25, 0.3) is 0 Å². The van der Waals surface area contributed by atoms with Crippen molar-refractivity contribution in [3.8, 4) is 11.5 Å². The first-order valence-corrected chi connectivity index (χ1v) is 7.85. The molecule has 0 unspecified atom stereocenters. The molecule has 0 aliphatic carbocycles. The van der Waals surface area contributed by atoms with Crippen molar-refractivity contribution in [2.24, 2.45) is 5.73 Å². The first kappa shape index (κ1) is 18.3. The highest BCUT2D eigenvalue weighted by Crippen LogP contribution is 2.25. The lowest BCUT2D eigenvalue weighted by molar-refractivity contribution is 0.0999. The number of ether oxygens (including phenoxy) is 2. The molecule has 0 aliphatic heterocycles. The number of primary amides is 1. The van der Waals surface area contributed by atoms with Crippen molar-refractivity contribution in [3.05, 3.63) is 57.9 Å². The molecule has 2 N–H and O–H groups in total. The molecule has 1 aromatic rings. The molecule has 0 saturated carbocycles. The molecule has 1 amide bonds. The zero-order valence-corrected chi connectivity index (χ0v) is 15.1. The standard InChI is InChI=1S/C17H20INO3/c1-5-14(7-6-12(4)18)22-16-9-13(17(19)20)8-15(10-16)21-11(2)3/h5-11H,1H2,2-4H3,(H2,19,20)/b12-6+,14-7+. The Bertz CT molecular complexity index is 614. The highest BCUT2D eigenvalue weighted by Gasteiger charge is 2.09. The molecule has 0 radical (unpaired) electrons. The van der Waals surface area contributed by atoms with E-state index in [2.05, 4.69) is 29.2 Å². The number of nitrogens with two attached hydrogens (primary N) is 1. The van der Waals surface area contributed by atoms with Crippen molar-refractivity contribution in [1.82, 2.24) is 0 Å². The van der Waals surface area contributed by atoms with E-state index in [1.807, 2.05) is 26.8 Å². The molecule has 0 atom stereocenters. The van der Waals surface area contributed by atoms with Crippen molar-refractivity contribution >= 4 is 28.5 Å². The predicted molar refractivity (Wildman–Crippen MR) is 97.4 cm³/mol. The number of halogens is 1. The average molecular weight is 413 g/mol. The van der Waals surface area contributed by atoms with Gasteiger partial charge in [0.1, 0.15) is 17.3 Å². The normalized spacial score (nSPS) is 12.2. The number of hydrogen-bond acceptors (Lipinski definition) is 3. The molecular weight excluding hydrogens is 393 g/mol. The third kappa shape index (κ3) is 6.34. The fourth-order valence-corrected chi connectivity index (χ4v) is 1.77. The second kappa shape index (κ2) is 8.63. The van der Waals surface area contributed by atoms with Crippen LogP contribution in [0, 0.1) is 0 Å². The van der Waals surface area contributed by atoms with E-state index in [9.17, 15) is 4.79 Å². The second-order valence-corrected chi connectivity index (χ2v) is 6.55. The number of amides is 1. The number of carbonyl (C=O) groups is 1. The largest absolute Gasteiger partial charge is 0.491 e. The van der Waals surface area contributed by atoms with E-state index in [0.29, 0.717) is 22.8 Å². The van der Waals surface area contributed by atoms with E-state index in [-0.39, 0.29) is 6.10 Å². The fourth-order valence-electron chi connectivity index (χ4n) is 1.59. The summed E-state index contributed by atoms with van der Waals surface area (Å²) >= 11 is 2.20. The number of hydrogen-bond donors (Lipinski definition) is 1. The summed E-state index contributed by atoms with van der Waals surface area (Å²) in [7, 11) is 0. The van der Waals surface area contributed by atoms with E-state index in [0.717, 1.165) is 3.58 Å². The van der Waals surface area contributed by atoms with Gasteiger partial charge in [0.05, 0.1) is 6.10 Å². The molecule has 0 aromatic heterocycles. The van der Waals surface area contributed by atoms with Crippen molar-refractivity contribution in [2.45, 2.75) is 26.9 Å². The Kier molecular flexibility index (Phi) is 7.17. The molecule has 118 valence electrons. The van der Waals surface area contributed by atoms with Crippen LogP contribution in [0.5, 0.6) is 11.5 Å². The van der Waals surface area contributed by atoms with Crippen molar-refractivity contribution in [1.29, 1.82) is 0 Å². The summed E-state index contributed by atoms with van der Waals surface area (Å²) in [5.41, 5.74) is 5.68. The minimum atomic E-state index is -0.536. The Labute approximate surface area is 144 Å². The monoisotopic (exact) mass is 413 g/mol. The van der Waals surface area contributed by atoms with Gasteiger partial charge in [-0.15, -0.1) is 0 Å². The van der Waals surface area contributed by atoms with Crippen LogP contribution in [0.2, 0.25) is 0 Å². The molecule has 1 aromatic carbocycles. The van der Waals surface area contributed by atoms with Crippen LogP contribution >= 0.6 is 22.6 Å². The predicted octanol–water partition coefficient (Wildman–Crippen LogP) is 4.36. The maximum atomic E-state index is 11.4. The van der Waals surface area contributed by atoms with Crippen LogP contribution in [0.4, 0.5) is 0 Å². The third-order valence-corrected chi connectivity index (χ3v) is 2.81. The molecule has 0 bridgehead atoms. The Morgan fingerprint density at radius 1 is 1.27 bits per heavy atom. The van der Waals surface area contributed by atoms with Crippen LogP contribution < -0.4 is 15.2 Å². The molecule has 1 rings (SSSR count). The Hall–Kier alpha value is -1.76. The summed E-state index contributed by atoms with van der Waals surface area (Å²) < 4.78 is 12.5. The number of benzene rings is 1. The van der Waals surface area contributed by atoms with Gasteiger partial charge in [0, 0.05) is 11.6 Å². The zero-order valence-electron chi connectivity index (χ0n) is 12.9. The Morgan fingerprint density at radius 2 is 1.91 bits per heavy atom. The smallest absolute Gasteiger partial charge is 0.248 e. The van der Waals surface area contributed by atoms with Gasteiger partial charge in [-0.3, -0.25) is 4.79 Å². The summed E-state index contributed by atoms with van der Waals surface area (Å²) in [4.78, 5) is 11.4. The average Bonchev–Trinajstić information content (AvgIpc) is 2.42. The van der Waals surface area contributed by atoms with E-state index in [1.165, 1.54) is 0 Å². The SMILES string of the molecule is C=C/C(=C\C=C(/C)I)Oc1cc(OC(C)C)cc(C(N)=O)c1. The lowest BCUT2D eigenvalue weighted by Crippen LogP contribution is -2.12. The number of allylic oxidation sites excluding steroid dienone is 4. The van der Waals surface area contributed by atoms with Gasteiger partial charge in [0.2, 0.25) is 5.91 Å². The summed E-state index contributed by atoms with van der Waals surface area (Å²) in [6.45, 7) is 9.49. The second-order valence-electron chi connectivity index (χ2n) is 4.85. The summed E-state index contributed by atoms with van der Waals surface area (Å²) in [5, 5.41) is 0. The van der Waals surface area contributed by atoms with Gasteiger partial charge in [-0.05, 0) is 77.3 Å². The maximum absolute atomic E-state index is 11.4. The topological polar surface area (TPSA) is 61.6 Å². The molecule has 0 heterocycles. The number of carbonyl (C=O) groups excluding carboxylic acids is 1. The van der Waals surface area contributed by atoms with Gasteiger partial charge in [0.25, 0.3) is 0 Å². The molecule has 5 heteroatoms. The quantitative estimate of drug-likeness (QED) is 0.411. The van der Waals surface area contributed by atoms with Gasteiger partial charge >= 0.3 is 0 Å². The van der Waals surface area contributed by atoms with E-state index >= 15 is 0 Å². The van der Waals surface area contributed by atoms with Crippen LogP contribution in [0.3, 0.4) is 0 Å². The van der Waals surface area contributed by atoms with Crippen LogP contribution in [-0.2, 0) is 0 Å². The summed E-state index contributed by atoms with van der Waals surface area (Å²) in [6.07, 6.45) is 5.28. The van der Waals surface area contributed by atoms with Gasteiger partial charge in [-0.2, -0.15) is 0 Å². The molecular formula is C17H20INO3. The van der Waals surface area contributed by atoms with E-state index < -0.39 is 5.91 Å². The van der Waals surface area contributed by atoms with Crippen LogP contribution in [-0.4, -0.2) is 12.0 Å². The van der Waals surface area contributed by atoms with Crippen LogP contribution in [0.15, 0.2) is 52.3 Å². The van der Waals surface area contributed by atoms with Gasteiger partial charge in [-0.1, -0.05) is 6.58 Å². The molecule has 0 spiro atoms. The minimum absolute atomic E-state index is 0.0185. The molecule has 22 heavy (non-hydrogen) atoms. The van der Waals surface area contributed by atoms with Crippen molar-refractivity contribution in [2.75, 3.05) is 0 Å².